The Kier molecular flexibility index (Phi) is 2.05. The van der Waals surface area contributed by atoms with E-state index in [0.717, 1.165) is 18.7 Å². The number of nitrogens with zero attached hydrogens (tertiary/aromatic N) is 2. The second-order valence-electron chi connectivity index (χ2n) is 5.02. The molecule has 14 heavy (non-hydrogen) atoms. The summed E-state index contributed by atoms with van der Waals surface area (Å²) >= 11 is 0. The van der Waals surface area contributed by atoms with Crippen LogP contribution in [0.1, 0.15) is 38.6 Å². The van der Waals surface area contributed by atoms with Gasteiger partial charge in [-0.05, 0) is 40.5 Å². The van der Waals surface area contributed by atoms with Crippen LogP contribution in [0.3, 0.4) is 0 Å². The summed E-state index contributed by atoms with van der Waals surface area (Å²) in [4.78, 5) is 0. The molecule has 1 aromatic heterocycles. The Hall–Kier alpha value is -0.990. The summed E-state index contributed by atoms with van der Waals surface area (Å²) in [6.07, 6.45) is 2.37. The standard InChI is InChI=1S/C11H19N3/c1-8-10-9(6-5-7-12-10)14(13-8)11(2,3)4/h12H,5-7H2,1-4H3. The highest BCUT2D eigenvalue weighted by molar-refractivity contribution is 5.54. The number of nitrogens with one attached hydrogen (secondary N) is 1. The highest BCUT2D eigenvalue weighted by Gasteiger charge is 2.24. The summed E-state index contributed by atoms with van der Waals surface area (Å²) in [6, 6.07) is 0. The average molecular weight is 193 g/mol. The van der Waals surface area contributed by atoms with Crippen LogP contribution in [-0.4, -0.2) is 16.3 Å². The third-order valence-electron chi connectivity index (χ3n) is 2.68. The molecule has 0 unspecified atom stereocenters. The van der Waals surface area contributed by atoms with E-state index in [2.05, 4.69) is 42.8 Å². The van der Waals surface area contributed by atoms with Gasteiger partial charge in [-0.15, -0.1) is 0 Å². The molecule has 0 atom stereocenters. The quantitative estimate of drug-likeness (QED) is 0.685. The van der Waals surface area contributed by atoms with Crippen molar-refractivity contribution >= 4 is 5.69 Å². The van der Waals surface area contributed by atoms with E-state index < -0.39 is 0 Å². The fourth-order valence-corrected chi connectivity index (χ4v) is 2.06. The Bertz CT molecular complexity index is 344. The second kappa shape index (κ2) is 3.01. The van der Waals surface area contributed by atoms with Crippen molar-refractivity contribution in [2.45, 2.75) is 46.1 Å². The monoisotopic (exact) mass is 193 g/mol. The van der Waals surface area contributed by atoms with Crippen LogP contribution >= 0.6 is 0 Å². The Morgan fingerprint density at radius 2 is 2.07 bits per heavy atom. The van der Waals surface area contributed by atoms with Crippen LogP contribution in [0.15, 0.2) is 0 Å². The van der Waals surface area contributed by atoms with Crippen molar-refractivity contribution in [1.29, 1.82) is 0 Å². The summed E-state index contributed by atoms with van der Waals surface area (Å²) in [5.41, 5.74) is 3.87. The number of rotatable bonds is 0. The van der Waals surface area contributed by atoms with Gasteiger partial charge in [-0.1, -0.05) is 0 Å². The van der Waals surface area contributed by atoms with Crippen LogP contribution in [0.4, 0.5) is 5.69 Å². The van der Waals surface area contributed by atoms with Crippen molar-refractivity contribution in [3.05, 3.63) is 11.4 Å². The largest absolute Gasteiger partial charge is 0.382 e. The van der Waals surface area contributed by atoms with E-state index in [1.165, 1.54) is 17.8 Å². The average Bonchev–Trinajstić information content (AvgIpc) is 2.44. The van der Waals surface area contributed by atoms with Crippen molar-refractivity contribution in [1.82, 2.24) is 9.78 Å². The molecular weight excluding hydrogens is 174 g/mol. The van der Waals surface area contributed by atoms with Crippen LogP contribution in [0, 0.1) is 6.92 Å². The zero-order chi connectivity index (χ0) is 10.3. The number of anilines is 1. The molecule has 2 rings (SSSR count). The summed E-state index contributed by atoms with van der Waals surface area (Å²) in [5.74, 6) is 0. The van der Waals surface area contributed by atoms with Gasteiger partial charge in [0.2, 0.25) is 0 Å². The molecule has 0 saturated carbocycles. The lowest BCUT2D eigenvalue weighted by Gasteiger charge is -2.24. The maximum Gasteiger partial charge on any atom is 0.0828 e. The van der Waals surface area contributed by atoms with Crippen LogP contribution < -0.4 is 5.32 Å². The highest BCUT2D eigenvalue weighted by atomic mass is 15.3. The van der Waals surface area contributed by atoms with Crippen molar-refractivity contribution in [2.24, 2.45) is 0 Å². The van der Waals surface area contributed by atoms with Crippen molar-refractivity contribution < 1.29 is 0 Å². The fraction of sp³-hybridized carbons (Fsp3) is 0.727. The zero-order valence-electron chi connectivity index (χ0n) is 9.52. The Morgan fingerprint density at radius 1 is 1.36 bits per heavy atom. The van der Waals surface area contributed by atoms with Crippen molar-refractivity contribution in [3.63, 3.8) is 0 Å². The number of aromatic nitrogens is 2. The smallest absolute Gasteiger partial charge is 0.0828 e. The van der Waals surface area contributed by atoms with Gasteiger partial charge < -0.3 is 5.32 Å². The predicted octanol–water partition coefficient (Wildman–Crippen LogP) is 2.30. The third-order valence-corrected chi connectivity index (χ3v) is 2.68. The van der Waals surface area contributed by atoms with Gasteiger partial charge in [0.1, 0.15) is 0 Å². The number of hydrogen-bond acceptors (Lipinski definition) is 2. The summed E-state index contributed by atoms with van der Waals surface area (Å²) in [5, 5.41) is 8.06. The van der Waals surface area contributed by atoms with E-state index in [1.54, 1.807) is 0 Å². The molecule has 0 bridgehead atoms. The van der Waals surface area contributed by atoms with Gasteiger partial charge in [-0.25, -0.2) is 0 Å². The lowest BCUT2D eigenvalue weighted by molar-refractivity contribution is 0.341. The van der Waals surface area contributed by atoms with Gasteiger partial charge in [0.05, 0.1) is 22.6 Å². The first kappa shape index (κ1) is 9.56. The molecule has 0 saturated heterocycles. The van der Waals surface area contributed by atoms with Crippen LogP contribution in [0.2, 0.25) is 0 Å². The topological polar surface area (TPSA) is 29.9 Å². The molecule has 0 radical (unpaired) electrons. The van der Waals surface area contributed by atoms with Crippen LogP contribution in [0.25, 0.3) is 0 Å². The molecule has 78 valence electrons. The maximum atomic E-state index is 4.62. The molecule has 3 nitrogen and oxygen atoms in total. The normalized spacial score (nSPS) is 16.3. The van der Waals surface area contributed by atoms with Crippen molar-refractivity contribution in [2.75, 3.05) is 11.9 Å². The maximum absolute atomic E-state index is 4.62. The van der Waals surface area contributed by atoms with Gasteiger partial charge in [0, 0.05) is 6.54 Å². The molecule has 0 spiro atoms. The lowest BCUT2D eigenvalue weighted by Crippen LogP contribution is -2.27. The Balaban J connectivity index is 2.52. The summed E-state index contributed by atoms with van der Waals surface area (Å²) in [6.45, 7) is 9.78. The number of fused-ring (bicyclic) bond motifs is 1. The van der Waals surface area contributed by atoms with Gasteiger partial charge >= 0.3 is 0 Å². The molecular formula is C11H19N3. The minimum atomic E-state index is 0.0946. The van der Waals surface area contributed by atoms with Gasteiger partial charge in [0.15, 0.2) is 0 Å². The van der Waals surface area contributed by atoms with E-state index in [9.17, 15) is 0 Å². The zero-order valence-corrected chi connectivity index (χ0v) is 9.52. The van der Waals surface area contributed by atoms with E-state index in [4.69, 9.17) is 0 Å². The van der Waals surface area contributed by atoms with Crippen LogP contribution in [0.5, 0.6) is 0 Å². The minimum Gasteiger partial charge on any atom is -0.382 e. The molecule has 0 amide bonds. The first-order chi connectivity index (χ1) is 6.50. The van der Waals surface area contributed by atoms with Gasteiger partial charge in [0.25, 0.3) is 0 Å². The first-order valence-corrected chi connectivity index (χ1v) is 5.33. The molecule has 0 aliphatic carbocycles. The number of aryl methyl sites for hydroxylation is 1. The third kappa shape index (κ3) is 1.41. The molecule has 1 aromatic rings. The van der Waals surface area contributed by atoms with E-state index >= 15 is 0 Å². The highest BCUT2D eigenvalue weighted by Crippen LogP contribution is 2.29. The molecule has 0 fully saturated rings. The fourth-order valence-electron chi connectivity index (χ4n) is 2.06. The first-order valence-electron chi connectivity index (χ1n) is 5.33. The minimum absolute atomic E-state index is 0.0946. The summed E-state index contributed by atoms with van der Waals surface area (Å²) < 4.78 is 2.17. The van der Waals surface area contributed by atoms with Gasteiger partial charge in [-0.2, -0.15) is 5.10 Å². The Labute approximate surface area is 85.5 Å². The van der Waals surface area contributed by atoms with Gasteiger partial charge in [-0.3, -0.25) is 4.68 Å². The van der Waals surface area contributed by atoms with Crippen LogP contribution in [-0.2, 0) is 12.0 Å². The van der Waals surface area contributed by atoms with E-state index in [0.29, 0.717) is 0 Å². The number of hydrogen-bond donors (Lipinski definition) is 1. The molecule has 1 N–H and O–H groups in total. The summed E-state index contributed by atoms with van der Waals surface area (Å²) in [7, 11) is 0. The molecule has 0 aromatic carbocycles. The molecule has 1 aliphatic heterocycles. The lowest BCUT2D eigenvalue weighted by atomic mass is 10.1. The molecule has 2 heterocycles. The van der Waals surface area contributed by atoms with Crippen molar-refractivity contribution in [3.8, 4) is 0 Å². The SMILES string of the molecule is Cc1nn(C(C)(C)C)c2c1NCCC2. The second-order valence-corrected chi connectivity index (χ2v) is 5.02. The van der Waals surface area contributed by atoms with E-state index in [1.807, 2.05) is 0 Å². The Morgan fingerprint density at radius 3 is 2.71 bits per heavy atom. The predicted molar refractivity (Wildman–Crippen MR) is 58.8 cm³/mol. The molecule has 1 aliphatic rings. The molecule has 3 heteroatoms. The van der Waals surface area contributed by atoms with E-state index in [-0.39, 0.29) is 5.54 Å².